The van der Waals surface area contributed by atoms with Crippen molar-refractivity contribution in [2.45, 2.75) is 6.54 Å². The third-order valence-corrected chi connectivity index (χ3v) is 3.46. The lowest BCUT2D eigenvalue weighted by Crippen LogP contribution is -1.90. The standard InChI is InChI=1S/C18H16N2O/c19-12-20-11-13-2-1-3-14(8-13)15-4-5-17-10-18(21)7-6-16(17)9-15/h1-10,12,21H,11H2,(H2,19,20). The van der Waals surface area contributed by atoms with E-state index in [-0.39, 0.29) is 5.75 Å². The maximum atomic E-state index is 9.51. The lowest BCUT2D eigenvalue weighted by atomic mass is 9.99. The fraction of sp³-hybridized carbons (Fsp3) is 0.0556. The molecule has 0 saturated carbocycles. The number of nitrogens with two attached hydrogens (primary N) is 1. The van der Waals surface area contributed by atoms with Crippen LogP contribution in [-0.2, 0) is 6.54 Å². The van der Waals surface area contributed by atoms with E-state index in [2.05, 4.69) is 29.3 Å². The summed E-state index contributed by atoms with van der Waals surface area (Å²) in [6, 6.07) is 19.9. The molecule has 0 aromatic heterocycles. The summed E-state index contributed by atoms with van der Waals surface area (Å²) in [7, 11) is 0. The zero-order chi connectivity index (χ0) is 14.7. The second kappa shape index (κ2) is 5.67. The van der Waals surface area contributed by atoms with Gasteiger partial charge in [0.25, 0.3) is 0 Å². The summed E-state index contributed by atoms with van der Waals surface area (Å²) in [5.74, 6) is 0.289. The lowest BCUT2D eigenvalue weighted by molar-refractivity contribution is 0.476. The number of hydrogen-bond acceptors (Lipinski definition) is 2. The average Bonchev–Trinajstić information content (AvgIpc) is 2.52. The summed E-state index contributed by atoms with van der Waals surface area (Å²) in [5, 5.41) is 11.6. The van der Waals surface area contributed by atoms with E-state index in [0.717, 1.165) is 27.5 Å². The molecule has 0 bridgehead atoms. The van der Waals surface area contributed by atoms with Gasteiger partial charge < -0.3 is 10.8 Å². The maximum absolute atomic E-state index is 9.51. The van der Waals surface area contributed by atoms with Gasteiger partial charge in [-0.1, -0.05) is 36.4 Å². The Labute approximate surface area is 123 Å². The van der Waals surface area contributed by atoms with Crippen LogP contribution in [0, 0.1) is 0 Å². The van der Waals surface area contributed by atoms with Crippen molar-refractivity contribution in [3.63, 3.8) is 0 Å². The van der Waals surface area contributed by atoms with Crippen LogP contribution < -0.4 is 5.73 Å². The SMILES string of the molecule is NC=NCc1cccc(-c2ccc3cc(O)ccc3c2)c1. The quantitative estimate of drug-likeness (QED) is 0.566. The normalized spacial score (nSPS) is 11.2. The first-order valence-electron chi connectivity index (χ1n) is 6.78. The van der Waals surface area contributed by atoms with Crippen LogP contribution in [0.25, 0.3) is 21.9 Å². The number of hydrogen-bond donors (Lipinski definition) is 2. The highest BCUT2D eigenvalue weighted by Gasteiger charge is 2.02. The van der Waals surface area contributed by atoms with E-state index < -0.39 is 0 Å². The second-order valence-electron chi connectivity index (χ2n) is 4.94. The summed E-state index contributed by atoms with van der Waals surface area (Å²) < 4.78 is 0. The Morgan fingerprint density at radius 3 is 2.52 bits per heavy atom. The molecular weight excluding hydrogens is 260 g/mol. The number of phenolic OH excluding ortho intramolecular Hbond substituents is 1. The number of nitrogens with zero attached hydrogens (tertiary/aromatic N) is 1. The van der Waals surface area contributed by atoms with Crippen LogP contribution in [0.1, 0.15) is 5.56 Å². The minimum Gasteiger partial charge on any atom is -0.508 e. The predicted molar refractivity (Wildman–Crippen MR) is 87.4 cm³/mol. The fourth-order valence-corrected chi connectivity index (χ4v) is 2.42. The molecule has 0 amide bonds. The molecule has 0 aliphatic carbocycles. The van der Waals surface area contributed by atoms with Gasteiger partial charge in [0.1, 0.15) is 5.75 Å². The Bertz CT molecular complexity index is 809. The van der Waals surface area contributed by atoms with Crippen molar-refractivity contribution in [3.8, 4) is 16.9 Å². The molecule has 0 unspecified atom stereocenters. The zero-order valence-corrected chi connectivity index (χ0v) is 11.5. The Kier molecular flexibility index (Phi) is 3.56. The van der Waals surface area contributed by atoms with Gasteiger partial charge in [-0.25, -0.2) is 0 Å². The number of benzene rings is 3. The van der Waals surface area contributed by atoms with Crippen molar-refractivity contribution in [2.75, 3.05) is 0 Å². The zero-order valence-electron chi connectivity index (χ0n) is 11.5. The Hall–Kier alpha value is -2.81. The highest BCUT2D eigenvalue weighted by Crippen LogP contribution is 2.27. The minimum absolute atomic E-state index is 0.289. The molecule has 3 aromatic carbocycles. The van der Waals surface area contributed by atoms with Crippen LogP contribution in [0.3, 0.4) is 0 Å². The van der Waals surface area contributed by atoms with E-state index in [0.29, 0.717) is 6.54 Å². The molecule has 0 radical (unpaired) electrons. The van der Waals surface area contributed by atoms with Crippen LogP contribution in [0.5, 0.6) is 5.75 Å². The van der Waals surface area contributed by atoms with Crippen molar-refractivity contribution in [1.29, 1.82) is 0 Å². The molecule has 0 aliphatic rings. The van der Waals surface area contributed by atoms with Crippen molar-refractivity contribution in [1.82, 2.24) is 0 Å². The molecular formula is C18H16N2O. The number of aromatic hydroxyl groups is 1. The van der Waals surface area contributed by atoms with Crippen LogP contribution in [0.4, 0.5) is 0 Å². The molecule has 0 heterocycles. The number of fused-ring (bicyclic) bond motifs is 1. The first kappa shape index (κ1) is 13.2. The minimum atomic E-state index is 0.289. The van der Waals surface area contributed by atoms with Crippen LogP contribution in [0.2, 0.25) is 0 Å². The van der Waals surface area contributed by atoms with Gasteiger partial charge in [0.2, 0.25) is 0 Å². The van der Waals surface area contributed by atoms with Crippen LogP contribution in [0.15, 0.2) is 65.7 Å². The van der Waals surface area contributed by atoms with Crippen molar-refractivity contribution in [2.24, 2.45) is 10.7 Å². The van der Waals surface area contributed by atoms with Gasteiger partial charge in [-0.3, -0.25) is 4.99 Å². The lowest BCUT2D eigenvalue weighted by Gasteiger charge is -2.06. The molecule has 104 valence electrons. The monoisotopic (exact) mass is 276 g/mol. The summed E-state index contributed by atoms with van der Waals surface area (Å²) in [6.07, 6.45) is 1.33. The summed E-state index contributed by atoms with van der Waals surface area (Å²) in [4.78, 5) is 4.06. The molecule has 3 heteroatoms. The fourth-order valence-electron chi connectivity index (χ4n) is 2.42. The third-order valence-electron chi connectivity index (χ3n) is 3.46. The molecule has 0 spiro atoms. The molecule has 0 aliphatic heterocycles. The Balaban J connectivity index is 2.01. The second-order valence-corrected chi connectivity index (χ2v) is 4.94. The summed E-state index contributed by atoms with van der Waals surface area (Å²) in [5.41, 5.74) is 8.71. The smallest absolute Gasteiger partial charge is 0.116 e. The van der Waals surface area contributed by atoms with Crippen LogP contribution >= 0.6 is 0 Å². The Morgan fingerprint density at radius 2 is 1.67 bits per heavy atom. The number of phenols is 1. The highest BCUT2D eigenvalue weighted by molar-refractivity contribution is 5.88. The van der Waals surface area contributed by atoms with E-state index in [1.807, 2.05) is 24.3 Å². The average molecular weight is 276 g/mol. The van der Waals surface area contributed by atoms with Gasteiger partial charge >= 0.3 is 0 Å². The van der Waals surface area contributed by atoms with E-state index in [9.17, 15) is 5.11 Å². The predicted octanol–water partition coefficient (Wildman–Crippen LogP) is 3.70. The molecule has 3 rings (SSSR count). The van der Waals surface area contributed by atoms with E-state index in [1.54, 1.807) is 12.1 Å². The summed E-state index contributed by atoms with van der Waals surface area (Å²) >= 11 is 0. The van der Waals surface area contributed by atoms with Gasteiger partial charge in [0, 0.05) is 0 Å². The van der Waals surface area contributed by atoms with Crippen molar-refractivity contribution < 1.29 is 5.11 Å². The van der Waals surface area contributed by atoms with E-state index >= 15 is 0 Å². The van der Waals surface area contributed by atoms with E-state index in [4.69, 9.17) is 5.73 Å². The molecule has 3 N–H and O–H groups in total. The van der Waals surface area contributed by atoms with Gasteiger partial charge in [0.05, 0.1) is 12.9 Å². The molecule has 0 saturated heterocycles. The van der Waals surface area contributed by atoms with Gasteiger partial charge in [-0.15, -0.1) is 0 Å². The maximum Gasteiger partial charge on any atom is 0.116 e. The molecule has 0 atom stereocenters. The number of rotatable bonds is 3. The molecule has 3 aromatic rings. The third kappa shape index (κ3) is 2.87. The molecule has 21 heavy (non-hydrogen) atoms. The van der Waals surface area contributed by atoms with Gasteiger partial charge in [-0.2, -0.15) is 0 Å². The number of aliphatic imine (C=N–C) groups is 1. The van der Waals surface area contributed by atoms with E-state index in [1.165, 1.54) is 6.34 Å². The van der Waals surface area contributed by atoms with Gasteiger partial charge in [-0.05, 0) is 51.7 Å². The summed E-state index contributed by atoms with van der Waals surface area (Å²) in [6.45, 7) is 0.589. The van der Waals surface area contributed by atoms with Crippen LogP contribution in [-0.4, -0.2) is 11.4 Å². The molecule has 3 nitrogen and oxygen atoms in total. The van der Waals surface area contributed by atoms with Gasteiger partial charge in [0.15, 0.2) is 0 Å². The first-order valence-corrected chi connectivity index (χ1v) is 6.78. The highest BCUT2D eigenvalue weighted by atomic mass is 16.3. The molecule has 0 fully saturated rings. The van der Waals surface area contributed by atoms with Crippen molar-refractivity contribution >= 4 is 17.1 Å². The first-order chi connectivity index (χ1) is 10.3. The topological polar surface area (TPSA) is 58.6 Å². The largest absolute Gasteiger partial charge is 0.508 e. The van der Waals surface area contributed by atoms with Crippen molar-refractivity contribution in [3.05, 3.63) is 66.2 Å². The Morgan fingerprint density at radius 1 is 0.905 bits per heavy atom.